The van der Waals surface area contributed by atoms with E-state index in [1.807, 2.05) is 44.2 Å². The van der Waals surface area contributed by atoms with Crippen molar-refractivity contribution in [3.63, 3.8) is 0 Å². The molecule has 0 saturated carbocycles. The predicted molar refractivity (Wildman–Crippen MR) is 157 cm³/mol. The lowest BCUT2D eigenvalue weighted by atomic mass is 10.0. The number of hydrogen-bond donors (Lipinski definition) is 0. The topological polar surface area (TPSA) is 36.3 Å². The fourth-order valence-electron chi connectivity index (χ4n) is 4.19. The first-order chi connectivity index (χ1) is 20.2. The molecule has 0 aliphatic carbocycles. The van der Waals surface area contributed by atoms with E-state index in [9.17, 15) is 17.6 Å². The third-order valence-corrected chi connectivity index (χ3v) is 6.52. The minimum Gasteiger partial charge on any atom is -0.489 e. The molecule has 0 saturated heterocycles. The predicted octanol–water partition coefficient (Wildman–Crippen LogP) is 9.84. The zero-order chi connectivity index (χ0) is 30.3. The van der Waals surface area contributed by atoms with Gasteiger partial charge in [-0.25, -0.2) is 9.07 Å². The van der Waals surface area contributed by atoms with Crippen molar-refractivity contribution in [2.45, 2.75) is 40.2 Å². The second-order valence-electron chi connectivity index (χ2n) is 9.06. The molecule has 0 N–H and O–H groups in total. The first-order valence-electron chi connectivity index (χ1n) is 13.3. The molecule has 0 spiro atoms. The van der Waals surface area contributed by atoms with Crippen LogP contribution in [0.1, 0.15) is 36.4 Å². The molecule has 0 bridgehead atoms. The van der Waals surface area contributed by atoms with E-state index in [0.717, 1.165) is 16.3 Å². The zero-order valence-corrected chi connectivity index (χ0v) is 24.0. The molecular formula is C33H29ClF4N2O2. The van der Waals surface area contributed by atoms with Crippen LogP contribution in [0.3, 0.4) is 0 Å². The van der Waals surface area contributed by atoms with Gasteiger partial charge in [-0.3, -0.25) is 0 Å². The van der Waals surface area contributed by atoms with Crippen molar-refractivity contribution in [2.24, 2.45) is 0 Å². The van der Waals surface area contributed by atoms with Crippen molar-refractivity contribution in [3.8, 4) is 28.3 Å². The van der Waals surface area contributed by atoms with Gasteiger partial charge in [0.05, 0.1) is 16.4 Å². The summed E-state index contributed by atoms with van der Waals surface area (Å²) in [5.74, 6) is 0.357. The molecular weight excluding hydrogens is 568 g/mol. The quantitative estimate of drug-likeness (QED) is 0.167. The minimum absolute atomic E-state index is 0.171. The molecule has 5 rings (SSSR count). The van der Waals surface area contributed by atoms with E-state index in [2.05, 4.69) is 5.10 Å². The van der Waals surface area contributed by atoms with Crippen LogP contribution in [0.15, 0.2) is 97.1 Å². The lowest BCUT2D eigenvalue weighted by Gasteiger charge is -2.13. The number of rotatable bonds is 8. The van der Waals surface area contributed by atoms with Crippen LogP contribution in [0.4, 0.5) is 17.6 Å². The number of benzene rings is 4. The average Bonchev–Trinajstić information content (AvgIpc) is 3.41. The highest BCUT2D eigenvalue weighted by Crippen LogP contribution is 2.33. The van der Waals surface area contributed by atoms with Gasteiger partial charge in [0, 0.05) is 11.6 Å². The van der Waals surface area contributed by atoms with Crippen LogP contribution in [0, 0.1) is 12.7 Å². The van der Waals surface area contributed by atoms with Crippen LogP contribution in [0.5, 0.6) is 11.5 Å². The van der Waals surface area contributed by atoms with Crippen LogP contribution in [0.2, 0.25) is 5.02 Å². The molecule has 0 atom stereocenters. The van der Waals surface area contributed by atoms with E-state index >= 15 is 0 Å². The van der Waals surface area contributed by atoms with Gasteiger partial charge < -0.3 is 9.47 Å². The van der Waals surface area contributed by atoms with Gasteiger partial charge in [0.25, 0.3) is 0 Å². The highest BCUT2D eigenvalue weighted by atomic mass is 35.5. The van der Waals surface area contributed by atoms with E-state index in [4.69, 9.17) is 21.1 Å². The average molecular weight is 597 g/mol. The van der Waals surface area contributed by atoms with Crippen LogP contribution < -0.4 is 9.47 Å². The van der Waals surface area contributed by atoms with Crippen LogP contribution in [-0.2, 0) is 19.4 Å². The molecule has 0 radical (unpaired) electrons. The van der Waals surface area contributed by atoms with Crippen molar-refractivity contribution in [1.82, 2.24) is 9.78 Å². The fourth-order valence-corrected chi connectivity index (χ4v) is 4.50. The molecule has 1 heterocycles. The normalized spacial score (nSPS) is 11.0. The van der Waals surface area contributed by atoms with Gasteiger partial charge in [-0.05, 0) is 60.0 Å². The fraction of sp³-hybridized carbons (Fsp3) is 0.182. The molecule has 218 valence electrons. The second kappa shape index (κ2) is 13.6. The standard InChI is InChI=1S/C31H23ClF4N2O2.C2H6/c1-20-6-5-9-27(32)30(20)38-23(16-29(37-38)31(34,35)36)19-40-24-12-10-22(11-13-24)26-15-14-25(17-28(26)33)39-18-21-7-3-2-4-8-21;1-2/h2-17H,18-19H2,1H3;1-2H3. The molecule has 0 fully saturated rings. The number of ether oxygens (including phenoxy) is 2. The Hall–Kier alpha value is -4.30. The number of hydrogen-bond acceptors (Lipinski definition) is 3. The van der Waals surface area contributed by atoms with E-state index < -0.39 is 17.7 Å². The number of para-hydroxylation sites is 1. The summed E-state index contributed by atoms with van der Waals surface area (Å²) in [5, 5.41) is 4.03. The van der Waals surface area contributed by atoms with Crippen molar-refractivity contribution in [2.75, 3.05) is 0 Å². The first kappa shape index (κ1) is 30.7. The third kappa shape index (κ3) is 7.31. The summed E-state index contributed by atoms with van der Waals surface area (Å²) < 4.78 is 67.9. The Balaban J connectivity index is 0.00000198. The Labute approximate surface area is 247 Å². The van der Waals surface area contributed by atoms with Crippen molar-refractivity contribution in [3.05, 3.63) is 130 Å². The number of halogens is 5. The molecule has 0 unspecified atom stereocenters. The summed E-state index contributed by atoms with van der Waals surface area (Å²) in [6.45, 7) is 5.86. The van der Waals surface area contributed by atoms with Crippen LogP contribution in [-0.4, -0.2) is 9.78 Å². The van der Waals surface area contributed by atoms with Gasteiger partial charge in [0.2, 0.25) is 0 Å². The van der Waals surface area contributed by atoms with Gasteiger partial charge in [-0.2, -0.15) is 18.3 Å². The number of aryl methyl sites for hydroxylation is 1. The smallest absolute Gasteiger partial charge is 0.435 e. The Morgan fingerprint density at radius 3 is 2.10 bits per heavy atom. The maximum absolute atomic E-state index is 14.9. The summed E-state index contributed by atoms with van der Waals surface area (Å²) >= 11 is 6.30. The van der Waals surface area contributed by atoms with Crippen LogP contribution >= 0.6 is 11.6 Å². The second-order valence-corrected chi connectivity index (χ2v) is 9.47. The molecule has 5 aromatic rings. The molecule has 4 nitrogen and oxygen atoms in total. The molecule has 0 aliphatic heterocycles. The molecule has 1 aromatic heterocycles. The maximum Gasteiger partial charge on any atom is 0.435 e. The monoisotopic (exact) mass is 596 g/mol. The van der Waals surface area contributed by atoms with Gasteiger partial charge in [-0.15, -0.1) is 0 Å². The Morgan fingerprint density at radius 1 is 0.786 bits per heavy atom. The SMILES string of the molecule is CC.Cc1cccc(Cl)c1-n1nc(C(F)(F)F)cc1COc1ccc(-c2ccc(OCc3ccccc3)cc2F)cc1. The number of aromatic nitrogens is 2. The molecule has 42 heavy (non-hydrogen) atoms. The van der Waals surface area contributed by atoms with Gasteiger partial charge in [0.1, 0.15) is 30.5 Å². The van der Waals surface area contributed by atoms with Crippen molar-refractivity contribution < 1.29 is 27.0 Å². The summed E-state index contributed by atoms with van der Waals surface area (Å²) in [4.78, 5) is 0. The summed E-state index contributed by atoms with van der Waals surface area (Å²) in [5.41, 5.74) is 2.09. The van der Waals surface area contributed by atoms with Crippen LogP contribution in [0.25, 0.3) is 16.8 Å². The number of alkyl halides is 3. The summed E-state index contributed by atoms with van der Waals surface area (Å²) in [7, 11) is 0. The van der Waals surface area contributed by atoms with E-state index in [-0.39, 0.29) is 17.3 Å². The van der Waals surface area contributed by atoms with Gasteiger partial charge in [0.15, 0.2) is 5.69 Å². The van der Waals surface area contributed by atoms with E-state index in [0.29, 0.717) is 40.5 Å². The third-order valence-electron chi connectivity index (χ3n) is 6.21. The van der Waals surface area contributed by atoms with Crippen molar-refractivity contribution >= 4 is 11.6 Å². The van der Waals surface area contributed by atoms with Gasteiger partial charge in [-0.1, -0.05) is 80.0 Å². The molecule has 0 aliphatic rings. The lowest BCUT2D eigenvalue weighted by molar-refractivity contribution is -0.141. The highest BCUT2D eigenvalue weighted by molar-refractivity contribution is 6.32. The van der Waals surface area contributed by atoms with E-state index in [1.165, 1.54) is 6.07 Å². The van der Waals surface area contributed by atoms with Gasteiger partial charge >= 0.3 is 6.18 Å². The Morgan fingerprint density at radius 2 is 1.45 bits per heavy atom. The molecule has 4 aromatic carbocycles. The summed E-state index contributed by atoms with van der Waals surface area (Å²) in [6.07, 6.45) is -4.64. The minimum atomic E-state index is -4.64. The molecule has 0 amide bonds. The van der Waals surface area contributed by atoms with E-state index in [1.54, 1.807) is 61.5 Å². The number of nitrogens with zero attached hydrogens (tertiary/aromatic N) is 2. The summed E-state index contributed by atoms with van der Waals surface area (Å²) in [6, 6.07) is 26.8. The maximum atomic E-state index is 14.9. The zero-order valence-electron chi connectivity index (χ0n) is 23.3. The highest BCUT2D eigenvalue weighted by Gasteiger charge is 2.35. The first-order valence-corrected chi connectivity index (χ1v) is 13.7. The largest absolute Gasteiger partial charge is 0.489 e. The van der Waals surface area contributed by atoms with Crippen molar-refractivity contribution in [1.29, 1.82) is 0 Å². The Kier molecular flexibility index (Phi) is 9.91. The molecule has 9 heteroatoms. The lowest BCUT2D eigenvalue weighted by Crippen LogP contribution is -2.10. The Bertz CT molecular complexity index is 1600.